The summed E-state index contributed by atoms with van der Waals surface area (Å²) in [6.45, 7) is 6.99. The molecular weight excluding hydrogens is 264 g/mol. The van der Waals surface area contributed by atoms with E-state index < -0.39 is 0 Å². The molecule has 1 aliphatic carbocycles. The maximum Gasteiger partial charge on any atom is 0.228 e. The molecule has 0 aromatic carbocycles. The van der Waals surface area contributed by atoms with E-state index in [-0.39, 0.29) is 11.3 Å². The van der Waals surface area contributed by atoms with Crippen molar-refractivity contribution in [3.05, 3.63) is 0 Å². The molecule has 0 unspecified atom stereocenters. The second-order valence-electron chi connectivity index (χ2n) is 7.29. The summed E-state index contributed by atoms with van der Waals surface area (Å²) in [5.41, 5.74) is -0.311. The fourth-order valence-electron chi connectivity index (χ4n) is 3.89. The van der Waals surface area contributed by atoms with Crippen LogP contribution in [0.5, 0.6) is 0 Å². The van der Waals surface area contributed by atoms with Gasteiger partial charge in [0.05, 0.1) is 12.0 Å². The van der Waals surface area contributed by atoms with Crippen LogP contribution in [0.3, 0.4) is 0 Å². The highest BCUT2D eigenvalue weighted by Crippen LogP contribution is 2.33. The summed E-state index contributed by atoms with van der Waals surface area (Å²) in [6, 6.07) is 0.371. The zero-order valence-corrected chi connectivity index (χ0v) is 13.9. The number of hydrogen-bond donors (Lipinski definition) is 2. The Bertz CT molecular complexity index is 324. The lowest BCUT2D eigenvalue weighted by Crippen LogP contribution is -2.53. The standard InChI is InChI=1S/C17H32N2O2/c1-13(2)14-4-6-15(7-5-14)19-16(20)17(12-21-3)8-10-18-11-9-17/h13-15,18H,4-12H2,1-3H3,(H,19,20). The molecular formula is C17H32N2O2. The summed E-state index contributed by atoms with van der Waals surface area (Å²) in [6.07, 6.45) is 6.54. The highest BCUT2D eigenvalue weighted by atomic mass is 16.5. The molecule has 0 bridgehead atoms. The van der Waals surface area contributed by atoms with E-state index in [4.69, 9.17) is 4.74 Å². The molecule has 4 nitrogen and oxygen atoms in total. The van der Waals surface area contributed by atoms with Gasteiger partial charge in [-0.2, -0.15) is 0 Å². The SMILES string of the molecule is COCC1(C(=O)NC2CCC(C(C)C)CC2)CCNCC1. The number of amides is 1. The van der Waals surface area contributed by atoms with E-state index in [2.05, 4.69) is 24.5 Å². The molecule has 122 valence electrons. The molecule has 0 atom stereocenters. The van der Waals surface area contributed by atoms with Crippen LogP contribution in [0.25, 0.3) is 0 Å². The molecule has 0 aromatic rings. The average molecular weight is 296 g/mol. The molecule has 1 aliphatic heterocycles. The Labute approximate surface area is 129 Å². The van der Waals surface area contributed by atoms with Crippen LogP contribution in [-0.4, -0.2) is 38.8 Å². The second kappa shape index (κ2) is 7.59. The summed E-state index contributed by atoms with van der Waals surface area (Å²) in [5.74, 6) is 1.83. The number of carbonyl (C=O) groups excluding carboxylic acids is 1. The van der Waals surface area contributed by atoms with Gasteiger partial charge >= 0.3 is 0 Å². The van der Waals surface area contributed by atoms with Gasteiger partial charge in [-0.3, -0.25) is 4.79 Å². The van der Waals surface area contributed by atoms with Gasteiger partial charge in [-0.05, 0) is 63.5 Å². The van der Waals surface area contributed by atoms with Crippen LogP contribution in [0.4, 0.5) is 0 Å². The minimum absolute atomic E-state index is 0.221. The minimum Gasteiger partial charge on any atom is -0.384 e. The predicted molar refractivity (Wildman–Crippen MR) is 85.1 cm³/mol. The zero-order valence-electron chi connectivity index (χ0n) is 13.9. The molecule has 1 heterocycles. The Morgan fingerprint density at radius 1 is 1.24 bits per heavy atom. The van der Waals surface area contributed by atoms with Crippen molar-refractivity contribution in [1.82, 2.24) is 10.6 Å². The first-order valence-corrected chi connectivity index (χ1v) is 8.58. The molecule has 21 heavy (non-hydrogen) atoms. The van der Waals surface area contributed by atoms with Crippen LogP contribution >= 0.6 is 0 Å². The maximum atomic E-state index is 12.8. The van der Waals surface area contributed by atoms with Crippen molar-refractivity contribution >= 4 is 5.91 Å². The Morgan fingerprint density at radius 3 is 2.38 bits per heavy atom. The van der Waals surface area contributed by atoms with E-state index in [0.29, 0.717) is 12.6 Å². The fraction of sp³-hybridized carbons (Fsp3) is 0.941. The van der Waals surface area contributed by atoms with Gasteiger partial charge < -0.3 is 15.4 Å². The molecule has 0 aromatic heterocycles. The van der Waals surface area contributed by atoms with Crippen molar-refractivity contribution in [2.75, 3.05) is 26.8 Å². The van der Waals surface area contributed by atoms with Crippen LogP contribution in [0.1, 0.15) is 52.4 Å². The third-order valence-electron chi connectivity index (χ3n) is 5.51. The van der Waals surface area contributed by atoms with E-state index >= 15 is 0 Å². The van der Waals surface area contributed by atoms with Crippen LogP contribution in [0, 0.1) is 17.3 Å². The minimum atomic E-state index is -0.311. The monoisotopic (exact) mass is 296 g/mol. The lowest BCUT2D eigenvalue weighted by atomic mass is 9.77. The lowest BCUT2D eigenvalue weighted by molar-refractivity contribution is -0.137. The highest BCUT2D eigenvalue weighted by molar-refractivity contribution is 5.83. The maximum absolute atomic E-state index is 12.8. The topological polar surface area (TPSA) is 50.4 Å². The molecule has 2 fully saturated rings. The van der Waals surface area contributed by atoms with Crippen molar-refractivity contribution in [2.45, 2.75) is 58.4 Å². The van der Waals surface area contributed by atoms with Crippen LogP contribution in [0.15, 0.2) is 0 Å². The zero-order chi connectivity index (χ0) is 15.3. The molecule has 4 heteroatoms. The van der Waals surface area contributed by atoms with Gasteiger partial charge in [0.25, 0.3) is 0 Å². The molecule has 1 saturated heterocycles. The number of piperidine rings is 1. The van der Waals surface area contributed by atoms with Crippen molar-refractivity contribution in [3.63, 3.8) is 0 Å². The summed E-state index contributed by atoms with van der Waals surface area (Å²) >= 11 is 0. The first kappa shape index (κ1) is 16.8. The molecule has 1 saturated carbocycles. The van der Waals surface area contributed by atoms with Crippen molar-refractivity contribution in [3.8, 4) is 0 Å². The predicted octanol–water partition coefficient (Wildman–Crippen LogP) is 2.33. The van der Waals surface area contributed by atoms with Gasteiger partial charge in [0.15, 0.2) is 0 Å². The normalized spacial score (nSPS) is 29.3. The molecule has 0 spiro atoms. The van der Waals surface area contributed by atoms with E-state index in [1.807, 2.05) is 0 Å². The molecule has 2 rings (SSSR count). The van der Waals surface area contributed by atoms with Crippen LogP contribution in [0.2, 0.25) is 0 Å². The third-order valence-corrected chi connectivity index (χ3v) is 5.51. The summed E-state index contributed by atoms with van der Waals surface area (Å²) in [7, 11) is 1.70. The first-order valence-electron chi connectivity index (χ1n) is 8.58. The van der Waals surface area contributed by atoms with Crippen molar-refractivity contribution in [1.29, 1.82) is 0 Å². The first-order chi connectivity index (χ1) is 10.1. The Hall–Kier alpha value is -0.610. The number of nitrogens with one attached hydrogen (secondary N) is 2. The molecule has 0 radical (unpaired) electrons. The van der Waals surface area contributed by atoms with E-state index in [0.717, 1.165) is 50.6 Å². The number of carbonyl (C=O) groups is 1. The molecule has 1 amide bonds. The number of hydrogen-bond acceptors (Lipinski definition) is 3. The van der Waals surface area contributed by atoms with Gasteiger partial charge in [0.1, 0.15) is 0 Å². The van der Waals surface area contributed by atoms with Crippen LogP contribution in [-0.2, 0) is 9.53 Å². The Morgan fingerprint density at radius 2 is 1.86 bits per heavy atom. The second-order valence-corrected chi connectivity index (χ2v) is 7.29. The van der Waals surface area contributed by atoms with E-state index in [1.165, 1.54) is 12.8 Å². The Balaban J connectivity index is 1.88. The summed E-state index contributed by atoms with van der Waals surface area (Å²) in [4.78, 5) is 12.8. The third kappa shape index (κ3) is 4.19. The van der Waals surface area contributed by atoms with Crippen molar-refractivity contribution < 1.29 is 9.53 Å². The quantitative estimate of drug-likeness (QED) is 0.818. The van der Waals surface area contributed by atoms with Gasteiger partial charge in [0.2, 0.25) is 5.91 Å². The number of rotatable bonds is 5. The van der Waals surface area contributed by atoms with E-state index in [9.17, 15) is 4.79 Å². The highest BCUT2D eigenvalue weighted by Gasteiger charge is 2.40. The van der Waals surface area contributed by atoms with Gasteiger partial charge in [-0.25, -0.2) is 0 Å². The van der Waals surface area contributed by atoms with Crippen molar-refractivity contribution in [2.24, 2.45) is 17.3 Å². The molecule has 2 N–H and O–H groups in total. The van der Waals surface area contributed by atoms with Gasteiger partial charge in [0, 0.05) is 13.2 Å². The Kier molecular flexibility index (Phi) is 6.06. The number of methoxy groups -OCH3 is 1. The average Bonchev–Trinajstić information content (AvgIpc) is 2.49. The number of ether oxygens (including phenoxy) is 1. The largest absolute Gasteiger partial charge is 0.384 e. The van der Waals surface area contributed by atoms with Gasteiger partial charge in [-0.1, -0.05) is 13.8 Å². The summed E-state index contributed by atoms with van der Waals surface area (Å²) in [5, 5.41) is 6.67. The van der Waals surface area contributed by atoms with E-state index in [1.54, 1.807) is 7.11 Å². The van der Waals surface area contributed by atoms with Gasteiger partial charge in [-0.15, -0.1) is 0 Å². The molecule has 2 aliphatic rings. The summed E-state index contributed by atoms with van der Waals surface area (Å²) < 4.78 is 5.35. The fourth-order valence-corrected chi connectivity index (χ4v) is 3.89. The van der Waals surface area contributed by atoms with Crippen LogP contribution < -0.4 is 10.6 Å². The smallest absolute Gasteiger partial charge is 0.228 e. The lowest BCUT2D eigenvalue weighted by Gasteiger charge is -2.38.